The van der Waals surface area contributed by atoms with Crippen LogP contribution in [0.4, 0.5) is 11.4 Å². The van der Waals surface area contributed by atoms with Gasteiger partial charge in [-0.3, -0.25) is 0 Å². The van der Waals surface area contributed by atoms with Gasteiger partial charge in [-0.15, -0.1) is 0 Å². The zero-order chi connectivity index (χ0) is 18.9. The molecular weight excluding hydrogens is 348 g/mol. The monoisotopic (exact) mass is 374 g/mol. The third-order valence-electron chi connectivity index (χ3n) is 5.31. The molecule has 0 radical (unpaired) electrons. The van der Waals surface area contributed by atoms with Crippen molar-refractivity contribution in [2.45, 2.75) is 43.5 Å². The molecule has 2 nitrogen and oxygen atoms in total. The van der Waals surface area contributed by atoms with Gasteiger partial charge in [0.05, 0.1) is 6.04 Å². The number of anilines is 2. The van der Waals surface area contributed by atoms with Crippen LogP contribution in [0.25, 0.3) is 0 Å². The maximum atomic E-state index is 3.79. The average Bonchev–Trinajstić information content (AvgIpc) is 2.67. The Hall–Kier alpha value is -2.39. The first-order chi connectivity index (χ1) is 13.0. The minimum absolute atomic E-state index is 0.136. The van der Waals surface area contributed by atoms with Crippen LogP contribution in [-0.2, 0) is 5.41 Å². The van der Waals surface area contributed by atoms with Crippen molar-refractivity contribution in [3.63, 3.8) is 0 Å². The molecule has 1 unspecified atom stereocenters. The molecule has 27 heavy (non-hydrogen) atoms. The second-order valence-corrected chi connectivity index (χ2v) is 8.82. The predicted octanol–water partition coefficient (Wildman–Crippen LogP) is 6.95. The Morgan fingerprint density at radius 2 is 1.70 bits per heavy atom. The van der Waals surface area contributed by atoms with Crippen molar-refractivity contribution in [1.29, 1.82) is 0 Å². The van der Waals surface area contributed by atoms with Crippen LogP contribution in [0.5, 0.6) is 0 Å². The van der Waals surface area contributed by atoms with Gasteiger partial charge in [-0.05, 0) is 66.1 Å². The molecule has 138 valence electrons. The molecular formula is C24H26N2S. The van der Waals surface area contributed by atoms with Crippen molar-refractivity contribution in [3.8, 4) is 0 Å². The molecule has 3 aromatic rings. The fourth-order valence-corrected chi connectivity index (χ4v) is 4.59. The Morgan fingerprint density at radius 1 is 0.963 bits per heavy atom. The van der Waals surface area contributed by atoms with Crippen molar-refractivity contribution < 1.29 is 0 Å². The third kappa shape index (κ3) is 3.84. The second-order valence-electron chi connectivity index (χ2n) is 7.94. The van der Waals surface area contributed by atoms with E-state index in [0.29, 0.717) is 0 Å². The van der Waals surface area contributed by atoms with E-state index in [4.69, 9.17) is 0 Å². The van der Waals surface area contributed by atoms with Gasteiger partial charge in [0.2, 0.25) is 0 Å². The van der Waals surface area contributed by atoms with E-state index in [2.05, 4.69) is 97.5 Å². The van der Waals surface area contributed by atoms with Crippen LogP contribution in [0.1, 0.15) is 43.0 Å². The summed E-state index contributed by atoms with van der Waals surface area (Å²) in [7, 11) is 0. The highest BCUT2D eigenvalue weighted by Gasteiger charge is 2.34. The topological polar surface area (TPSA) is 24.1 Å². The first-order valence-electron chi connectivity index (χ1n) is 9.47. The summed E-state index contributed by atoms with van der Waals surface area (Å²) in [5.41, 5.74) is 6.63. The minimum Gasteiger partial charge on any atom is -0.378 e. The summed E-state index contributed by atoms with van der Waals surface area (Å²) in [6.45, 7) is 6.88. The average molecular weight is 375 g/mol. The number of hydrogen-bond donors (Lipinski definition) is 2. The fourth-order valence-electron chi connectivity index (χ4n) is 3.89. The van der Waals surface area contributed by atoms with E-state index >= 15 is 0 Å². The first kappa shape index (κ1) is 18.0. The molecule has 3 heteroatoms. The van der Waals surface area contributed by atoms with Crippen LogP contribution < -0.4 is 10.0 Å². The van der Waals surface area contributed by atoms with Crippen LogP contribution in [0, 0.1) is 6.92 Å². The summed E-state index contributed by atoms with van der Waals surface area (Å²) in [5.74, 6) is 0. The molecule has 0 saturated carbocycles. The van der Waals surface area contributed by atoms with Gasteiger partial charge >= 0.3 is 0 Å². The van der Waals surface area contributed by atoms with E-state index in [1.54, 1.807) is 11.9 Å². The highest BCUT2D eigenvalue weighted by atomic mass is 32.2. The summed E-state index contributed by atoms with van der Waals surface area (Å²) in [6.07, 6.45) is 1.07. The Kier molecular flexibility index (Phi) is 4.88. The molecule has 1 atom stereocenters. The zero-order valence-electron chi connectivity index (χ0n) is 16.1. The quantitative estimate of drug-likeness (QED) is 0.483. The van der Waals surface area contributed by atoms with Crippen molar-refractivity contribution >= 4 is 23.3 Å². The molecule has 0 aliphatic carbocycles. The molecule has 3 aromatic carbocycles. The van der Waals surface area contributed by atoms with Crippen LogP contribution >= 0.6 is 11.9 Å². The number of para-hydroxylation sites is 1. The summed E-state index contributed by atoms with van der Waals surface area (Å²) in [4.78, 5) is 1.21. The molecule has 1 heterocycles. The van der Waals surface area contributed by atoms with Gasteiger partial charge in [-0.25, -0.2) is 0 Å². The van der Waals surface area contributed by atoms with E-state index in [1.807, 2.05) is 6.07 Å². The standard InChI is InChI=1S/C24H26N2S/c1-17-13-14-22-20(15-17)24(2,3)16-23(25-22)19-11-7-8-12-21(19)26-27-18-9-5-4-6-10-18/h4-15,23,25-26H,16H2,1-3H3. The molecule has 2 N–H and O–H groups in total. The summed E-state index contributed by atoms with van der Waals surface area (Å²) >= 11 is 1.66. The van der Waals surface area contributed by atoms with Crippen LogP contribution in [0.15, 0.2) is 77.7 Å². The molecule has 4 rings (SSSR count). The van der Waals surface area contributed by atoms with Crippen LogP contribution in [0.3, 0.4) is 0 Å². The van der Waals surface area contributed by atoms with E-state index in [1.165, 1.54) is 33.0 Å². The van der Waals surface area contributed by atoms with Gasteiger partial charge in [-0.1, -0.05) is 67.9 Å². The molecule has 0 bridgehead atoms. The number of benzene rings is 3. The summed E-state index contributed by atoms with van der Waals surface area (Å²) < 4.78 is 3.56. The Bertz CT molecular complexity index is 934. The Balaban J connectivity index is 1.61. The molecule has 0 saturated heterocycles. The number of fused-ring (bicyclic) bond motifs is 1. The zero-order valence-corrected chi connectivity index (χ0v) is 16.9. The van der Waals surface area contributed by atoms with Crippen LogP contribution in [-0.4, -0.2) is 0 Å². The smallest absolute Gasteiger partial charge is 0.0542 e. The number of aryl methyl sites for hydroxylation is 1. The second kappa shape index (κ2) is 7.32. The lowest BCUT2D eigenvalue weighted by atomic mass is 9.73. The van der Waals surface area contributed by atoms with Gasteiger partial charge in [0, 0.05) is 16.3 Å². The number of hydrogen-bond acceptors (Lipinski definition) is 3. The van der Waals surface area contributed by atoms with Crippen molar-refractivity contribution in [2.75, 3.05) is 10.0 Å². The Labute approximate surface area is 166 Å². The van der Waals surface area contributed by atoms with Gasteiger partial charge in [0.1, 0.15) is 0 Å². The lowest BCUT2D eigenvalue weighted by Gasteiger charge is -2.39. The van der Waals surface area contributed by atoms with Crippen molar-refractivity contribution in [2.24, 2.45) is 0 Å². The van der Waals surface area contributed by atoms with Gasteiger partial charge < -0.3 is 10.0 Å². The number of nitrogens with one attached hydrogen (secondary N) is 2. The minimum atomic E-state index is 0.136. The maximum absolute atomic E-state index is 3.79. The van der Waals surface area contributed by atoms with Crippen molar-refractivity contribution in [1.82, 2.24) is 0 Å². The normalized spacial score (nSPS) is 17.7. The maximum Gasteiger partial charge on any atom is 0.0542 e. The molecule has 1 aliphatic rings. The van der Waals surface area contributed by atoms with E-state index < -0.39 is 0 Å². The van der Waals surface area contributed by atoms with E-state index in [9.17, 15) is 0 Å². The highest BCUT2D eigenvalue weighted by Crippen LogP contribution is 2.45. The lowest BCUT2D eigenvalue weighted by Crippen LogP contribution is -2.31. The van der Waals surface area contributed by atoms with Gasteiger partial charge in [-0.2, -0.15) is 0 Å². The fraction of sp³-hybridized carbons (Fsp3) is 0.250. The molecule has 0 aromatic heterocycles. The van der Waals surface area contributed by atoms with Crippen LogP contribution in [0.2, 0.25) is 0 Å². The predicted molar refractivity (Wildman–Crippen MR) is 118 cm³/mol. The first-order valence-corrected chi connectivity index (χ1v) is 10.3. The molecule has 0 amide bonds. The third-order valence-corrected chi connectivity index (χ3v) is 6.14. The molecule has 0 spiro atoms. The Morgan fingerprint density at radius 3 is 2.52 bits per heavy atom. The number of rotatable bonds is 4. The SMILES string of the molecule is Cc1ccc2c(c1)C(C)(C)CC(c1ccccc1NSc1ccccc1)N2. The summed E-state index contributed by atoms with van der Waals surface area (Å²) in [6, 6.07) is 26.1. The largest absolute Gasteiger partial charge is 0.378 e. The van der Waals surface area contributed by atoms with Crippen molar-refractivity contribution in [3.05, 3.63) is 89.5 Å². The van der Waals surface area contributed by atoms with Gasteiger partial charge in [0.15, 0.2) is 0 Å². The van der Waals surface area contributed by atoms with E-state index in [0.717, 1.165) is 6.42 Å². The lowest BCUT2D eigenvalue weighted by molar-refractivity contribution is 0.427. The summed E-state index contributed by atoms with van der Waals surface area (Å²) in [5, 5.41) is 3.79. The van der Waals surface area contributed by atoms with Gasteiger partial charge in [0.25, 0.3) is 0 Å². The van der Waals surface area contributed by atoms with E-state index in [-0.39, 0.29) is 11.5 Å². The molecule has 1 aliphatic heterocycles. The highest BCUT2D eigenvalue weighted by molar-refractivity contribution is 8.00. The molecule has 0 fully saturated rings.